The molecule has 1 fully saturated rings. The molecule has 1 aliphatic heterocycles. The molecule has 3 aromatic carbocycles. The van der Waals surface area contributed by atoms with Crippen LogP contribution in [0.5, 0.6) is 0 Å². The number of fused-ring (bicyclic) bond motifs is 1. The van der Waals surface area contributed by atoms with Crippen molar-refractivity contribution in [1.29, 1.82) is 0 Å². The van der Waals surface area contributed by atoms with E-state index in [9.17, 15) is 25.0 Å². The zero-order valence-electron chi connectivity index (χ0n) is 19.5. The molecule has 1 heterocycles. The summed E-state index contributed by atoms with van der Waals surface area (Å²) in [6.45, 7) is 0. The number of hydrogen-bond acceptors (Lipinski definition) is 6. The van der Waals surface area contributed by atoms with E-state index in [-0.39, 0.29) is 23.2 Å². The first-order chi connectivity index (χ1) is 17.8. The van der Waals surface area contributed by atoms with Crippen LogP contribution >= 0.6 is 11.6 Å². The fourth-order valence-corrected chi connectivity index (χ4v) is 5.16. The summed E-state index contributed by atoms with van der Waals surface area (Å²) < 4.78 is 0. The topological polar surface area (TPSA) is 119 Å². The van der Waals surface area contributed by atoms with E-state index in [1.165, 1.54) is 29.3 Å². The number of rotatable bonds is 5. The van der Waals surface area contributed by atoms with Gasteiger partial charge in [-0.1, -0.05) is 35.9 Å². The van der Waals surface area contributed by atoms with Crippen LogP contribution in [0, 0.1) is 26.1 Å². The number of hydrogen-bond donors (Lipinski definition) is 0. The lowest BCUT2D eigenvalue weighted by Gasteiger charge is -2.29. The average molecular weight is 517 g/mol. The van der Waals surface area contributed by atoms with Gasteiger partial charge in [0.05, 0.1) is 32.2 Å². The number of nitrogens with zero attached hydrogens (tertiary/aromatic N) is 4. The van der Waals surface area contributed by atoms with Crippen LogP contribution in [0.1, 0.15) is 46.8 Å². The van der Waals surface area contributed by atoms with Gasteiger partial charge in [-0.3, -0.25) is 25.0 Å². The van der Waals surface area contributed by atoms with Crippen LogP contribution < -0.4 is 0 Å². The standard InChI is InChI=1S/C27H21ClN4O5/c28-24-7-2-1-5-22(24)27(33)30-26(18-10-14-21(15-11-18)32(36)37)23-6-3-4-19(25(23)29-30)16-17-8-12-20(13-9-17)31(34)35/h1-2,5,7-16,23,26H,3-4,6H2/b19-16+. The monoisotopic (exact) mass is 516 g/mol. The molecule has 5 rings (SSSR count). The Hall–Kier alpha value is -4.37. The minimum Gasteiger partial charge on any atom is -0.267 e. The minimum atomic E-state index is -0.460. The second kappa shape index (κ2) is 9.94. The van der Waals surface area contributed by atoms with E-state index in [1.807, 2.05) is 6.08 Å². The van der Waals surface area contributed by atoms with Crippen molar-refractivity contribution in [2.75, 3.05) is 0 Å². The third-order valence-corrected chi connectivity index (χ3v) is 7.03. The van der Waals surface area contributed by atoms with E-state index in [4.69, 9.17) is 16.7 Å². The highest BCUT2D eigenvalue weighted by Gasteiger charge is 2.44. The molecule has 0 saturated heterocycles. The highest BCUT2D eigenvalue weighted by molar-refractivity contribution is 6.33. The largest absolute Gasteiger partial charge is 0.276 e. The number of allylic oxidation sites excluding steroid dienone is 1. The van der Waals surface area contributed by atoms with E-state index >= 15 is 0 Å². The Morgan fingerprint density at radius 3 is 2.19 bits per heavy atom. The van der Waals surface area contributed by atoms with E-state index < -0.39 is 15.9 Å². The summed E-state index contributed by atoms with van der Waals surface area (Å²) in [5, 5.41) is 28.8. The number of carbonyl (C=O) groups is 1. The first-order valence-corrected chi connectivity index (χ1v) is 12.1. The number of benzene rings is 3. The third kappa shape index (κ3) is 4.73. The van der Waals surface area contributed by atoms with Gasteiger partial charge in [-0.05, 0) is 66.3 Å². The van der Waals surface area contributed by atoms with Crippen LogP contribution in [-0.2, 0) is 0 Å². The number of nitro groups is 2. The van der Waals surface area contributed by atoms with E-state index in [2.05, 4.69) is 0 Å². The molecule has 0 N–H and O–H groups in total. The van der Waals surface area contributed by atoms with Gasteiger partial charge >= 0.3 is 0 Å². The fraction of sp³-hybridized carbons (Fsp3) is 0.185. The number of non-ortho nitro benzene ring substituents is 2. The number of nitro benzene ring substituents is 2. The lowest BCUT2D eigenvalue weighted by atomic mass is 9.77. The third-order valence-electron chi connectivity index (χ3n) is 6.70. The van der Waals surface area contributed by atoms with Crippen molar-refractivity contribution < 1.29 is 14.6 Å². The molecule has 1 amide bonds. The number of carbonyl (C=O) groups excluding carboxylic acids is 1. The lowest BCUT2D eigenvalue weighted by molar-refractivity contribution is -0.385. The maximum Gasteiger partial charge on any atom is 0.276 e. The van der Waals surface area contributed by atoms with Gasteiger partial charge in [0.2, 0.25) is 0 Å². The summed E-state index contributed by atoms with van der Waals surface area (Å²) >= 11 is 6.34. The van der Waals surface area contributed by atoms with E-state index in [0.29, 0.717) is 10.6 Å². The van der Waals surface area contributed by atoms with Crippen LogP contribution in [0.25, 0.3) is 6.08 Å². The molecule has 186 valence electrons. The molecule has 1 aliphatic carbocycles. The Labute approximate surface area is 217 Å². The molecule has 10 heteroatoms. The number of halogens is 1. The van der Waals surface area contributed by atoms with Gasteiger partial charge in [0.1, 0.15) is 0 Å². The summed E-state index contributed by atoms with van der Waals surface area (Å²) in [5.41, 5.74) is 3.56. The summed E-state index contributed by atoms with van der Waals surface area (Å²) in [7, 11) is 0. The highest BCUT2D eigenvalue weighted by atomic mass is 35.5. The second-order valence-corrected chi connectivity index (χ2v) is 9.33. The van der Waals surface area contributed by atoms with Crippen molar-refractivity contribution in [2.24, 2.45) is 11.0 Å². The van der Waals surface area contributed by atoms with Crippen molar-refractivity contribution in [2.45, 2.75) is 25.3 Å². The maximum atomic E-state index is 13.7. The molecule has 2 atom stereocenters. The van der Waals surface area contributed by atoms with Crippen molar-refractivity contribution in [3.63, 3.8) is 0 Å². The van der Waals surface area contributed by atoms with Crippen molar-refractivity contribution >= 4 is 40.7 Å². The normalized spacial score (nSPS) is 19.9. The highest BCUT2D eigenvalue weighted by Crippen LogP contribution is 2.45. The molecule has 1 saturated carbocycles. The quantitative estimate of drug-likeness (QED) is 0.280. The lowest BCUT2D eigenvalue weighted by Crippen LogP contribution is -2.32. The fourth-order valence-electron chi connectivity index (χ4n) is 4.95. The molecular weight excluding hydrogens is 496 g/mol. The predicted molar refractivity (Wildman–Crippen MR) is 139 cm³/mol. The van der Waals surface area contributed by atoms with Gasteiger partial charge in [-0.15, -0.1) is 0 Å². The smallest absolute Gasteiger partial charge is 0.267 e. The van der Waals surface area contributed by atoms with E-state index in [0.717, 1.165) is 41.7 Å². The Morgan fingerprint density at radius 1 is 0.946 bits per heavy atom. The average Bonchev–Trinajstić information content (AvgIpc) is 3.29. The minimum absolute atomic E-state index is 0.0108. The Morgan fingerprint density at radius 2 is 1.57 bits per heavy atom. The Balaban J connectivity index is 1.56. The van der Waals surface area contributed by atoms with Gasteiger partial charge in [0, 0.05) is 30.2 Å². The zero-order chi connectivity index (χ0) is 26.1. The van der Waals surface area contributed by atoms with Crippen LogP contribution in [0.3, 0.4) is 0 Å². The summed E-state index contributed by atoms with van der Waals surface area (Å²) in [6.07, 6.45) is 4.34. The van der Waals surface area contributed by atoms with Crippen LogP contribution in [-0.4, -0.2) is 26.5 Å². The van der Waals surface area contributed by atoms with Crippen LogP contribution in [0.4, 0.5) is 11.4 Å². The Kier molecular flexibility index (Phi) is 6.54. The predicted octanol–water partition coefficient (Wildman–Crippen LogP) is 6.59. The van der Waals surface area contributed by atoms with Gasteiger partial charge in [0.25, 0.3) is 17.3 Å². The molecule has 0 spiro atoms. The summed E-state index contributed by atoms with van der Waals surface area (Å²) in [5.74, 6) is -0.475. The molecule has 9 nitrogen and oxygen atoms in total. The van der Waals surface area contributed by atoms with Gasteiger partial charge in [-0.25, -0.2) is 5.01 Å². The summed E-state index contributed by atoms with van der Waals surface area (Å²) in [4.78, 5) is 35.0. The van der Waals surface area contributed by atoms with Gasteiger partial charge in [0.15, 0.2) is 0 Å². The SMILES string of the molecule is O=C(c1ccccc1Cl)N1N=C2/C(=C/c3ccc([N+](=O)[O-])cc3)CCCC2C1c1ccc([N+](=O)[O-])cc1. The van der Waals surface area contributed by atoms with Gasteiger partial charge < -0.3 is 0 Å². The molecule has 0 radical (unpaired) electrons. The van der Waals surface area contributed by atoms with Gasteiger partial charge in [-0.2, -0.15) is 5.10 Å². The van der Waals surface area contributed by atoms with Crippen molar-refractivity contribution in [3.05, 3.63) is 120 Å². The molecule has 0 aromatic heterocycles. The van der Waals surface area contributed by atoms with Crippen LogP contribution in [0.15, 0.2) is 83.5 Å². The molecule has 2 aliphatic rings. The molecule has 3 aromatic rings. The first-order valence-electron chi connectivity index (χ1n) is 11.7. The maximum absolute atomic E-state index is 13.7. The molecular formula is C27H21ClN4O5. The molecule has 0 bridgehead atoms. The Bertz CT molecular complexity index is 1450. The van der Waals surface area contributed by atoms with Crippen LogP contribution in [0.2, 0.25) is 5.02 Å². The van der Waals surface area contributed by atoms with Crippen molar-refractivity contribution in [1.82, 2.24) is 5.01 Å². The zero-order valence-corrected chi connectivity index (χ0v) is 20.2. The number of amides is 1. The number of hydrazone groups is 1. The second-order valence-electron chi connectivity index (χ2n) is 8.93. The summed E-state index contributed by atoms with van der Waals surface area (Å²) in [6, 6.07) is 18.8. The first kappa shape index (κ1) is 24.3. The molecule has 37 heavy (non-hydrogen) atoms. The molecule has 2 unspecified atom stereocenters. The van der Waals surface area contributed by atoms with E-state index in [1.54, 1.807) is 48.5 Å². The van der Waals surface area contributed by atoms with Crippen molar-refractivity contribution in [3.8, 4) is 0 Å².